The molecule has 0 radical (unpaired) electrons. The lowest BCUT2D eigenvalue weighted by molar-refractivity contribution is 0.631. The number of hydrogen-bond acceptors (Lipinski definition) is 1. The topological polar surface area (TPSA) is 23.8 Å². The third kappa shape index (κ3) is 3.83. The fourth-order valence-corrected chi connectivity index (χ4v) is 2.65. The molecule has 0 fully saturated rings. The van der Waals surface area contributed by atoms with Gasteiger partial charge in [0.1, 0.15) is 5.82 Å². The molecule has 2 aromatic rings. The summed E-state index contributed by atoms with van der Waals surface area (Å²) in [5.41, 5.74) is 2.58. The zero-order valence-electron chi connectivity index (χ0n) is 12.0. The van der Waals surface area contributed by atoms with Crippen molar-refractivity contribution >= 4 is 11.6 Å². The van der Waals surface area contributed by atoms with Gasteiger partial charge in [0.05, 0.1) is 16.7 Å². The van der Waals surface area contributed by atoms with E-state index in [1.165, 1.54) is 37.0 Å². The molecule has 0 spiro atoms. The highest BCUT2D eigenvalue weighted by Gasteiger charge is 2.12. The van der Waals surface area contributed by atoms with Crippen LogP contribution in [0.15, 0.2) is 36.4 Å². The summed E-state index contributed by atoms with van der Waals surface area (Å²) in [4.78, 5) is 0. The summed E-state index contributed by atoms with van der Waals surface area (Å²) in [5, 5.41) is 9.08. The number of halogens is 2. The monoisotopic (exact) mass is 301 g/mol. The summed E-state index contributed by atoms with van der Waals surface area (Å²) in [7, 11) is 0. The van der Waals surface area contributed by atoms with E-state index in [4.69, 9.17) is 16.9 Å². The van der Waals surface area contributed by atoms with Gasteiger partial charge < -0.3 is 0 Å². The largest absolute Gasteiger partial charge is 0.206 e. The number of aryl methyl sites for hydroxylation is 1. The molecule has 0 heterocycles. The highest BCUT2D eigenvalue weighted by molar-refractivity contribution is 6.33. The SMILES string of the molecule is CCCCCc1ccc(-c2c(F)cc(C#N)cc2Cl)cc1. The maximum absolute atomic E-state index is 14.1. The molecule has 0 unspecified atom stereocenters. The molecule has 0 N–H and O–H groups in total. The lowest BCUT2D eigenvalue weighted by Gasteiger charge is -2.08. The van der Waals surface area contributed by atoms with Crippen molar-refractivity contribution in [1.29, 1.82) is 5.26 Å². The van der Waals surface area contributed by atoms with E-state index in [2.05, 4.69) is 6.92 Å². The first kappa shape index (κ1) is 15.5. The van der Waals surface area contributed by atoms with Crippen molar-refractivity contribution in [2.75, 3.05) is 0 Å². The van der Waals surface area contributed by atoms with Crippen LogP contribution in [0.4, 0.5) is 4.39 Å². The van der Waals surface area contributed by atoms with Crippen LogP contribution in [0.2, 0.25) is 5.02 Å². The Kier molecular flexibility index (Phi) is 5.36. The van der Waals surface area contributed by atoms with E-state index < -0.39 is 5.82 Å². The van der Waals surface area contributed by atoms with Crippen molar-refractivity contribution in [1.82, 2.24) is 0 Å². The maximum atomic E-state index is 14.1. The summed E-state index contributed by atoms with van der Waals surface area (Å²) in [6, 6.07) is 12.4. The maximum Gasteiger partial charge on any atom is 0.133 e. The Morgan fingerprint density at radius 2 is 1.86 bits per heavy atom. The minimum atomic E-state index is -0.460. The van der Waals surface area contributed by atoms with E-state index in [1.807, 2.05) is 30.3 Å². The molecule has 108 valence electrons. The molecule has 1 nitrogen and oxygen atoms in total. The van der Waals surface area contributed by atoms with Crippen LogP contribution in [-0.2, 0) is 6.42 Å². The Morgan fingerprint density at radius 1 is 1.14 bits per heavy atom. The standard InChI is InChI=1S/C18H17ClFN/c1-2-3-4-5-13-6-8-15(9-7-13)18-16(19)10-14(12-21)11-17(18)20/h6-11H,2-5H2,1H3. The lowest BCUT2D eigenvalue weighted by atomic mass is 10.00. The zero-order valence-corrected chi connectivity index (χ0v) is 12.8. The van der Waals surface area contributed by atoms with Crippen molar-refractivity contribution in [3.8, 4) is 17.2 Å². The Balaban J connectivity index is 2.25. The minimum Gasteiger partial charge on any atom is -0.206 e. The zero-order chi connectivity index (χ0) is 15.2. The summed E-state index contributed by atoms with van der Waals surface area (Å²) in [5.74, 6) is -0.460. The quantitative estimate of drug-likeness (QED) is 0.645. The van der Waals surface area contributed by atoms with Gasteiger partial charge in [0, 0.05) is 5.56 Å². The first-order valence-electron chi connectivity index (χ1n) is 7.14. The van der Waals surface area contributed by atoms with E-state index in [9.17, 15) is 4.39 Å². The molecule has 2 rings (SSSR count). The molecular formula is C18H17ClFN. The predicted octanol–water partition coefficient (Wildman–Crippen LogP) is 5.75. The molecule has 0 bridgehead atoms. The van der Waals surface area contributed by atoms with Crippen LogP contribution >= 0.6 is 11.6 Å². The van der Waals surface area contributed by atoms with Gasteiger partial charge in [-0.15, -0.1) is 0 Å². The van der Waals surface area contributed by atoms with Crippen LogP contribution in [0.1, 0.15) is 37.3 Å². The minimum absolute atomic E-state index is 0.234. The van der Waals surface area contributed by atoms with Crippen LogP contribution < -0.4 is 0 Å². The fraction of sp³-hybridized carbons (Fsp3) is 0.278. The molecule has 2 aromatic carbocycles. The van der Waals surface area contributed by atoms with Gasteiger partial charge in [-0.3, -0.25) is 0 Å². The molecule has 0 atom stereocenters. The number of nitriles is 1. The first-order chi connectivity index (χ1) is 10.2. The Morgan fingerprint density at radius 3 is 2.43 bits per heavy atom. The summed E-state index contributed by atoms with van der Waals surface area (Å²) < 4.78 is 14.1. The van der Waals surface area contributed by atoms with Crippen molar-refractivity contribution in [3.63, 3.8) is 0 Å². The Labute approximate surface area is 130 Å². The molecule has 0 saturated carbocycles. The number of hydrogen-bond donors (Lipinski definition) is 0. The van der Waals surface area contributed by atoms with E-state index in [0.29, 0.717) is 5.56 Å². The predicted molar refractivity (Wildman–Crippen MR) is 84.8 cm³/mol. The van der Waals surface area contributed by atoms with Crippen LogP contribution in [-0.4, -0.2) is 0 Å². The van der Waals surface area contributed by atoms with Gasteiger partial charge in [0.2, 0.25) is 0 Å². The van der Waals surface area contributed by atoms with E-state index in [1.54, 1.807) is 0 Å². The second-order valence-corrected chi connectivity index (χ2v) is 5.49. The fourth-order valence-electron chi connectivity index (χ4n) is 2.33. The lowest BCUT2D eigenvalue weighted by Crippen LogP contribution is -1.90. The Hall–Kier alpha value is -1.85. The molecule has 0 saturated heterocycles. The summed E-state index contributed by atoms with van der Waals surface area (Å²) >= 11 is 6.10. The van der Waals surface area contributed by atoms with E-state index >= 15 is 0 Å². The van der Waals surface area contributed by atoms with Crippen LogP contribution in [0.25, 0.3) is 11.1 Å². The molecule has 0 aliphatic carbocycles. The summed E-state index contributed by atoms with van der Waals surface area (Å²) in [6.45, 7) is 2.18. The second-order valence-electron chi connectivity index (χ2n) is 5.08. The van der Waals surface area contributed by atoms with Gasteiger partial charge in [-0.2, -0.15) is 5.26 Å². The second kappa shape index (κ2) is 7.24. The summed E-state index contributed by atoms with van der Waals surface area (Å²) in [6.07, 6.45) is 4.63. The van der Waals surface area contributed by atoms with Crippen LogP contribution in [0.5, 0.6) is 0 Å². The molecule has 3 heteroatoms. The normalized spacial score (nSPS) is 10.4. The average Bonchev–Trinajstić information content (AvgIpc) is 2.48. The van der Waals surface area contributed by atoms with Gasteiger partial charge in [-0.1, -0.05) is 55.6 Å². The van der Waals surface area contributed by atoms with Crippen LogP contribution in [0.3, 0.4) is 0 Å². The third-order valence-corrected chi connectivity index (χ3v) is 3.78. The number of benzene rings is 2. The molecular weight excluding hydrogens is 285 g/mol. The molecule has 0 aliphatic heterocycles. The molecule has 0 amide bonds. The van der Waals surface area contributed by atoms with E-state index in [0.717, 1.165) is 12.0 Å². The molecule has 0 aliphatic rings. The third-order valence-electron chi connectivity index (χ3n) is 3.48. The highest BCUT2D eigenvalue weighted by atomic mass is 35.5. The molecule has 0 aromatic heterocycles. The number of unbranched alkanes of at least 4 members (excludes halogenated alkanes) is 2. The van der Waals surface area contributed by atoms with Gasteiger partial charge in [-0.25, -0.2) is 4.39 Å². The number of nitrogens with zero attached hydrogens (tertiary/aromatic N) is 1. The van der Waals surface area contributed by atoms with Crippen molar-refractivity contribution in [3.05, 3.63) is 58.4 Å². The van der Waals surface area contributed by atoms with Gasteiger partial charge in [0.25, 0.3) is 0 Å². The van der Waals surface area contributed by atoms with Crippen LogP contribution in [0, 0.1) is 17.1 Å². The van der Waals surface area contributed by atoms with Gasteiger partial charge >= 0.3 is 0 Å². The average molecular weight is 302 g/mol. The van der Waals surface area contributed by atoms with Gasteiger partial charge in [-0.05, 0) is 36.1 Å². The van der Waals surface area contributed by atoms with Crippen molar-refractivity contribution in [2.24, 2.45) is 0 Å². The first-order valence-corrected chi connectivity index (χ1v) is 7.52. The Bertz CT molecular complexity index is 633. The molecule has 21 heavy (non-hydrogen) atoms. The smallest absolute Gasteiger partial charge is 0.133 e. The van der Waals surface area contributed by atoms with E-state index in [-0.39, 0.29) is 10.6 Å². The number of rotatable bonds is 5. The van der Waals surface area contributed by atoms with Crippen molar-refractivity contribution < 1.29 is 4.39 Å². The van der Waals surface area contributed by atoms with Crippen molar-refractivity contribution in [2.45, 2.75) is 32.6 Å². The highest BCUT2D eigenvalue weighted by Crippen LogP contribution is 2.32. The van der Waals surface area contributed by atoms with Gasteiger partial charge in [0.15, 0.2) is 0 Å².